The summed E-state index contributed by atoms with van der Waals surface area (Å²) in [5.74, 6) is 0.258. The van der Waals surface area contributed by atoms with Gasteiger partial charge in [0.05, 0.1) is 6.61 Å². The van der Waals surface area contributed by atoms with Crippen molar-refractivity contribution in [2.75, 3.05) is 13.2 Å². The van der Waals surface area contributed by atoms with Crippen LogP contribution in [0.3, 0.4) is 0 Å². The number of nitrogens with two attached hydrogens (primary N) is 1. The van der Waals surface area contributed by atoms with Crippen molar-refractivity contribution in [1.82, 2.24) is 0 Å². The summed E-state index contributed by atoms with van der Waals surface area (Å²) in [5, 5.41) is 0. The van der Waals surface area contributed by atoms with E-state index in [9.17, 15) is 4.79 Å². The SMILES string of the molecule is CC(C)CC(=O)OCCCN. The van der Waals surface area contributed by atoms with Crippen LogP contribution >= 0.6 is 0 Å². The monoisotopic (exact) mass is 159 g/mol. The van der Waals surface area contributed by atoms with E-state index in [-0.39, 0.29) is 5.97 Å². The van der Waals surface area contributed by atoms with Crippen LogP contribution in [0.5, 0.6) is 0 Å². The highest BCUT2D eigenvalue weighted by Crippen LogP contribution is 2.00. The Morgan fingerprint density at radius 1 is 1.55 bits per heavy atom. The maximum absolute atomic E-state index is 10.9. The second-order valence-corrected chi connectivity index (χ2v) is 2.96. The fourth-order valence-corrected chi connectivity index (χ4v) is 0.662. The number of hydrogen-bond acceptors (Lipinski definition) is 3. The highest BCUT2D eigenvalue weighted by atomic mass is 16.5. The number of ether oxygens (including phenoxy) is 1. The molecular formula is C8H17NO2. The summed E-state index contributed by atoms with van der Waals surface area (Å²) < 4.78 is 4.87. The van der Waals surface area contributed by atoms with Crippen LogP contribution in [-0.4, -0.2) is 19.1 Å². The van der Waals surface area contributed by atoms with Gasteiger partial charge in [-0.15, -0.1) is 0 Å². The molecule has 0 rings (SSSR count). The Labute approximate surface area is 67.9 Å². The van der Waals surface area contributed by atoms with E-state index < -0.39 is 0 Å². The van der Waals surface area contributed by atoms with Crippen LogP contribution < -0.4 is 5.73 Å². The second-order valence-electron chi connectivity index (χ2n) is 2.96. The topological polar surface area (TPSA) is 52.3 Å². The zero-order valence-electron chi connectivity index (χ0n) is 7.30. The molecule has 0 unspecified atom stereocenters. The number of rotatable bonds is 5. The van der Waals surface area contributed by atoms with E-state index in [1.165, 1.54) is 0 Å². The smallest absolute Gasteiger partial charge is 0.306 e. The first-order valence-electron chi connectivity index (χ1n) is 4.02. The van der Waals surface area contributed by atoms with Crippen molar-refractivity contribution in [2.45, 2.75) is 26.7 Å². The van der Waals surface area contributed by atoms with Gasteiger partial charge in [0.1, 0.15) is 0 Å². The molecule has 0 heterocycles. The average molecular weight is 159 g/mol. The minimum Gasteiger partial charge on any atom is -0.466 e. The summed E-state index contributed by atoms with van der Waals surface area (Å²) in [4.78, 5) is 10.9. The molecule has 3 nitrogen and oxygen atoms in total. The van der Waals surface area contributed by atoms with Crippen LogP contribution in [0.25, 0.3) is 0 Å². The van der Waals surface area contributed by atoms with Gasteiger partial charge in [0.15, 0.2) is 0 Å². The molecule has 2 N–H and O–H groups in total. The van der Waals surface area contributed by atoms with Gasteiger partial charge >= 0.3 is 5.97 Å². The van der Waals surface area contributed by atoms with Gasteiger partial charge in [-0.05, 0) is 18.9 Å². The summed E-state index contributed by atoms with van der Waals surface area (Å²) in [7, 11) is 0. The molecule has 0 bridgehead atoms. The molecule has 0 aromatic rings. The lowest BCUT2D eigenvalue weighted by Gasteiger charge is -2.04. The molecule has 0 aliphatic rings. The Bertz CT molecular complexity index is 113. The lowest BCUT2D eigenvalue weighted by atomic mass is 10.1. The number of carbonyl (C=O) groups excluding carboxylic acids is 1. The molecule has 0 aromatic carbocycles. The Hall–Kier alpha value is -0.570. The third kappa shape index (κ3) is 7.33. The minimum atomic E-state index is -0.117. The van der Waals surface area contributed by atoms with Crippen molar-refractivity contribution in [1.29, 1.82) is 0 Å². The van der Waals surface area contributed by atoms with E-state index in [4.69, 9.17) is 10.5 Å². The van der Waals surface area contributed by atoms with Gasteiger partial charge < -0.3 is 10.5 Å². The predicted molar refractivity (Wildman–Crippen MR) is 44.1 cm³/mol. The number of carbonyl (C=O) groups is 1. The van der Waals surface area contributed by atoms with Gasteiger partial charge in [-0.25, -0.2) is 0 Å². The Morgan fingerprint density at radius 3 is 2.64 bits per heavy atom. The fraction of sp³-hybridized carbons (Fsp3) is 0.875. The molecule has 3 heteroatoms. The molecule has 0 fully saturated rings. The van der Waals surface area contributed by atoms with Crippen molar-refractivity contribution >= 4 is 5.97 Å². The molecule has 0 radical (unpaired) electrons. The summed E-state index contributed by atoms with van der Waals surface area (Å²) >= 11 is 0. The lowest BCUT2D eigenvalue weighted by Crippen LogP contribution is -2.11. The molecule has 0 spiro atoms. The minimum absolute atomic E-state index is 0.117. The Balaban J connectivity index is 3.23. The molecule has 0 amide bonds. The van der Waals surface area contributed by atoms with Crippen LogP contribution in [0, 0.1) is 5.92 Å². The van der Waals surface area contributed by atoms with Gasteiger partial charge in [0.2, 0.25) is 0 Å². The maximum atomic E-state index is 10.9. The highest BCUT2D eigenvalue weighted by Gasteiger charge is 2.04. The second kappa shape index (κ2) is 6.16. The summed E-state index contributed by atoms with van der Waals surface area (Å²) in [6.07, 6.45) is 1.26. The van der Waals surface area contributed by atoms with E-state index in [1.54, 1.807) is 0 Å². The summed E-state index contributed by atoms with van der Waals surface area (Å²) in [6.45, 7) is 5.02. The van der Waals surface area contributed by atoms with Crippen molar-refractivity contribution < 1.29 is 9.53 Å². The molecule has 0 aliphatic heterocycles. The van der Waals surface area contributed by atoms with Gasteiger partial charge in [-0.3, -0.25) is 4.79 Å². The van der Waals surface area contributed by atoms with E-state index >= 15 is 0 Å². The van der Waals surface area contributed by atoms with Crippen LogP contribution in [0.15, 0.2) is 0 Å². The third-order valence-electron chi connectivity index (χ3n) is 1.19. The van der Waals surface area contributed by atoms with Gasteiger partial charge in [-0.2, -0.15) is 0 Å². The Morgan fingerprint density at radius 2 is 2.18 bits per heavy atom. The first kappa shape index (κ1) is 10.4. The average Bonchev–Trinajstić information content (AvgIpc) is 1.86. The van der Waals surface area contributed by atoms with Gasteiger partial charge in [0, 0.05) is 6.42 Å². The molecule has 0 aromatic heterocycles. The van der Waals surface area contributed by atoms with Gasteiger partial charge in [0.25, 0.3) is 0 Å². The summed E-state index contributed by atoms with van der Waals surface area (Å²) in [5.41, 5.74) is 5.22. The molecule has 66 valence electrons. The quantitative estimate of drug-likeness (QED) is 0.479. The Kier molecular flexibility index (Phi) is 5.84. The van der Waals surface area contributed by atoms with E-state index in [1.807, 2.05) is 13.8 Å². The van der Waals surface area contributed by atoms with Crippen molar-refractivity contribution in [3.05, 3.63) is 0 Å². The third-order valence-corrected chi connectivity index (χ3v) is 1.19. The molecule has 11 heavy (non-hydrogen) atoms. The molecule has 0 atom stereocenters. The van der Waals surface area contributed by atoms with Crippen LogP contribution in [-0.2, 0) is 9.53 Å². The van der Waals surface area contributed by atoms with E-state index in [2.05, 4.69) is 0 Å². The first-order valence-corrected chi connectivity index (χ1v) is 4.02. The van der Waals surface area contributed by atoms with E-state index in [0.29, 0.717) is 25.5 Å². The van der Waals surface area contributed by atoms with Crippen LogP contribution in [0.1, 0.15) is 26.7 Å². The van der Waals surface area contributed by atoms with Crippen LogP contribution in [0.2, 0.25) is 0 Å². The van der Waals surface area contributed by atoms with E-state index in [0.717, 1.165) is 6.42 Å². The van der Waals surface area contributed by atoms with Crippen molar-refractivity contribution in [3.63, 3.8) is 0 Å². The summed E-state index contributed by atoms with van der Waals surface area (Å²) in [6, 6.07) is 0. The molecule has 0 saturated carbocycles. The van der Waals surface area contributed by atoms with Gasteiger partial charge in [-0.1, -0.05) is 13.8 Å². The molecular weight excluding hydrogens is 142 g/mol. The van der Waals surface area contributed by atoms with Crippen LogP contribution in [0.4, 0.5) is 0 Å². The number of esters is 1. The fourth-order valence-electron chi connectivity index (χ4n) is 0.662. The zero-order chi connectivity index (χ0) is 8.69. The predicted octanol–water partition coefficient (Wildman–Crippen LogP) is 0.924. The highest BCUT2D eigenvalue weighted by molar-refractivity contribution is 5.69. The largest absolute Gasteiger partial charge is 0.466 e. The molecule has 0 saturated heterocycles. The molecule has 0 aliphatic carbocycles. The maximum Gasteiger partial charge on any atom is 0.306 e. The first-order chi connectivity index (χ1) is 5.16. The normalized spacial score (nSPS) is 10.2. The standard InChI is InChI=1S/C8H17NO2/c1-7(2)6-8(10)11-5-3-4-9/h7H,3-6,9H2,1-2H3. The zero-order valence-corrected chi connectivity index (χ0v) is 7.30. The number of hydrogen-bond donors (Lipinski definition) is 1. The van der Waals surface area contributed by atoms with Crippen molar-refractivity contribution in [2.24, 2.45) is 11.7 Å². The lowest BCUT2D eigenvalue weighted by molar-refractivity contribution is -0.144. The van der Waals surface area contributed by atoms with Crippen molar-refractivity contribution in [3.8, 4) is 0 Å².